The number of amides is 1. The van der Waals surface area contributed by atoms with Crippen molar-refractivity contribution in [2.24, 2.45) is 0 Å². The molecule has 0 spiro atoms. The van der Waals surface area contributed by atoms with E-state index in [1.807, 2.05) is 42.8 Å². The Hall–Kier alpha value is -2.92. The number of rotatable bonds is 6. The summed E-state index contributed by atoms with van der Waals surface area (Å²) in [5, 5.41) is 7.85. The van der Waals surface area contributed by atoms with E-state index >= 15 is 0 Å². The molecule has 1 atom stereocenters. The third-order valence-electron chi connectivity index (χ3n) is 5.64. The van der Waals surface area contributed by atoms with Crippen molar-refractivity contribution < 1.29 is 4.79 Å². The van der Waals surface area contributed by atoms with Crippen LogP contribution in [0.15, 0.2) is 60.7 Å². The van der Waals surface area contributed by atoms with Crippen molar-refractivity contribution in [2.75, 3.05) is 13.1 Å². The second-order valence-corrected chi connectivity index (χ2v) is 7.87. The monoisotopic (exact) mass is 388 g/mol. The van der Waals surface area contributed by atoms with Crippen molar-refractivity contribution in [2.45, 2.75) is 39.4 Å². The molecular formula is C24H28N4O. The normalized spacial score (nSPS) is 16.8. The molecule has 3 aromatic rings. The molecule has 2 aromatic carbocycles. The fourth-order valence-electron chi connectivity index (χ4n) is 4.13. The van der Waals surface area contributed by atoms with Gasteiger partial charge in [-0.15, -0.1) is 0 Å². The molecule has 1 aliphatic rings. The Kier molecular flexibility index (Phi) is 5.76. The SMILES string of the molecule is Cc1nn(Cc2ccccc2)c(C)c1C(=O)NC1CCN(Cc2ccccc2)C1. The summed E-state index contributed by atoms with van der Waals surface area (Å²) in [4.78, 5) is 15.4. The molecule has 1 unspecified atom stereocenters. The van der Waals surface area contributed by atoms with Crippen molar-refractivity contribution in [1.29, 1.82) is 0 Å². The molecule has 0 saturated carbocycles. The van der Waals surface area contributed by atoms with Gasteiger partial charge in [0.1, 0.15) is 0 Å². The molecule has 5 nitrogen and oxygen atoms in total. The van der Waals surface area contributed by atoms with Crippen molar-refractivity contribution in [3.8, 4) is 0 Å². The van der Waals surface area contributed by atoms with E-state index in [4.69, 9.17) is 0 Å². The van der Waals surface area contributed by atoms with Crippen LogP contribution < -0.4 is 5.32 Å². The number of nitrogens with zero attached hydrogens (tertiary/aromatic N) is 3. The van der Waals surface area contributed by atoms with Gasteiger partial charge in [-0.25, -0.2) is 0 Å². The van der Waals surface area contributed by atoms with Crippen molar-refractivity contribution in [3.63, 3.8) is 0 Å². The molecule has 1 N–H and O–H groups in total. The van der Waals surface area contributed by atoms with Crippen LogP contribution in [0.2, 0.25) is 0 Å². The fraction of sp³-hybridized carbons (Fsp3) is 0.333. The number of hydrogen-bond acceptors (Lipinski definition) is 3. The third kappa shape index (κ3) is 4.57. The molecule has 5 heteroatoms. The largest absolute Gasteiger partial charge is 0.348 e. The summed E-state index contributed by atoms with van der Waals surface area (Å²) < 4.78 is 1.93. The van der Waals surface area contributed by atoms with E-state index < -0.39 is 0 Å². The van der Waals surface area contributed by atoms with Crippen LogP contribution in [0.3, 0.4) is 0 Å². The highest BCUT2D eigenvalue weighted by Crippen LogP contribution is 2.18. The highest BCUT2D eigenvalue weighted by atomic mass is 16.1. The molecule has 1 amide bonds. The first-order valence-corrected chi connectivity index (χ1v) is 10.2. The predicted molar refractivity (Wildman–Crippen MR) is 115 cm³/mol. The molecule has 2 heterocycles. The van der Waals surface area contributed by atoms with Crippen LogP contribution in [-0.2, 0) is 13.1 Å². The van der Waals surface area contributed by atoms with Gasteiger partial charge in [0.25, 0.3) is 5.91 Å². The predicted octanol–water partition coefficient (Wildman–Crippen LogP) is 3.55. The molecule has 29 heavy (non-hydrogen) atoms. The lowest BCUT2D eigenvalue weighted by Gasteiger charge is -2.17. The van der Waals surface area contributed by atoms with E-state index in [1.54, 1.807) is 0 Å². The molecule has 1 aromatic heterocycles. The molecule has 4 rings (SSSR count). The highest BCUT2D eigenvalue weighted by molar-refractivity contribution is 5.96. The minimum absolute atomic E-state index is 0.00845. The number of aromatic nitrogens is 2. The average molecular weight is 389 g/mol. The zero-order valence-electron chi connectivity index (χ0n) is 17.1. The summed E-state index contributed by atoms with van der Waals surface area (Å²) in [6.45, 7) is 7.39. The number of likely N-dealkylation sites (tertiary alicyclic amines) is 1. The molecule has 1 saturated heterocycles. The Balaban J connectivity index is 1.39. The molecule has 1 aliphatic heterocycles. The van der Waals surface area contributed by atoms with Gasteiger partial charge in [0.15, 0.2) is 0 Å². The fourth-order valence-corrected chi connectivity index (χ4v) is 4.13. The van der Waals surface area contributed by atoms with Crippen LogP contribution in [0.4, 0.5) is 0 Å². The van der Waals surface area contributed by atoms with Crippen LogP contribution in [-0.4, -0.2) is 39.7 Å². The van der Waals surface area contributed by atoms with Crippen molar-refractivity contribution in [3.05, 3.63) is 88.7 Å². The first-order valence-electron chi connectivity index (χ1n) is 10.2. The number of hydrogen-bond donors (Lipinski definition) is 1. The summed E-state index contributed by atoms with van der Waals surface area (Å²) in [6.07, 6.45) is 0.981. The minimum Gasteiger partial charge on any atom is -0.348 e. The summed E-state index contributed by atoms with van der Waals surface area (Å²) in [5.41, 5.74) is 4.91. The average Bonchev–Trinajstić information content (AvgIpc) is 3.27. The Morgan fingerprint density at radius 1 is 1.00 bits per heavy atom. The Morgan fingerprint density at radius 3 is 2.28 bits per heavy atom. The third-order valence-corrected chi connectivity index (χ3v) is 5.64. The van der Waals surface area contributed by atoms with Crippen LogP contribution >= 0.6 is 0 Å². The molecule has 0 bridgehead atoms. The summed E-state index contributed by atoms with van der Waals surface area (Å²) in [5.74, 6) is -0.00845. The second kappa shape index (κ2) is 8.62. The van der Waals surface area contributed by atoms with Gasteiger partial charge in [0.05, 0.1) is 17.8 Å². The van der Waals surface area contributed by atoms with Crippen molar-refractivity contribution >= 4 is 5.91 Å². The van der Waals surface area contributed by atoms with Gasteiger partial charge in [-0.3, -0.25) is 14.4 Å². The van der Waals surface area contributed by atoms with Gasteiger partial charge in [-0.05, 0) is 31.4 Å². The summed E-state index contributed by atoms with van der Waals surface area (Å²) in [6, 6.07) is 20.9. The van der Waals surface area contributed by atoms with Crippen LogP contribution in [0.25, 0.3) is 0 Å². The first-order chi connectivity index (χ1) is 14.1. The minimum atomic E-state index is -0.00845. The Bertz CT molecular complexity index is 965. The molecule has 150 valence electrons. The second-order valence-electron chi connectivity index (χ2n) is 7.87. The zero-order chi connectivity index (χ0) is 20.2. The first kappa shape index (κ1) is 19.4. The lowest BCUT2D eigenvalue weighted by atomic mass is 10.1. The quantitative estimate of drug-likeness (QED) is 0.703. The highest BCUT2D eigenvalue weighted by Gasteiger charge is 2.26. The number of nitrogens with one attached hydrogen (secondary N) is 1. The van der Waals surface area contributed by atoms with Crippen molar-refractivity contribution in [1.82, 2.24) is 20.0 Å². The van der Waals surface area contributed by atoms with Crippen LogP contribution in [0.1, 0.15) is 39.3 Å². The topological polar surface area (TPSA) is 50.2 Å². The number of benzene rings is 2. The van der Waals surface area contributed by atoms with Gasteiger partial charge >= 0.3 is 0 Å². The standard InChI is InChI=1S/C24H28N4O/c1-18-23(19(2)28(26-18)16-21-11-7-4-8-12-21)24(29)25-22-13-14-27(17-22)15-20-9-5-3-6-10-20/h3-12,22H,13-17H2,1-2H3,(H,25,29). The number of aryl methyl sites for hydroxylation is 1. The van der Waals surface area contributed by atoms with Gasteiger partial charge in [0, 0.05) is 31.4 Å². The van der Waals surface area contributed by atoms with Gasteiger partial charge < -0.3 is 5.32 Å². The molecular weight excluding hydrogens is 360 g/mol. The van der Waals surface area contributed by atoms with Crippen LogP contribution in [0, 0.1) is 13.8 Å². The maximum absolute atomic E-state index is 13.0. The molecule has 1 fully saturated rings. The maximum Gasteiger partial charge on any atom is 0.255 e. The summed E-state index contributed by atoms with van der Waals surface area (Å²) in [7, 11) is 0. The van der Waals surface area contributed by atoms with Gasteiger partial charge in [-0.2, -0.15) is 5.10 Å². The molecule has 0 radical (unpaired) electrons. The Morgan fingerprint density at radius 2 is 1.62 bits per heavy atom. The van der Waals surface area contributed by atoms with Gasteiger partial charge in [0.2, 0.25) is 0 Å². The maximum atomic E-state index is 13.0. The Labute approximate surface area is 172 Å². The lowest BCUT2D eigenvalue weighted by molar-refractivity contribution is 0.0936. The van der Waals surface area contributed by atoms with E-state index in [0.717, 1.165) is 37.4 Å². The summed E-state index contributed by atoms with van der Waals surface area (Å²) >= 11 is 0. The van der Waals surface area contributed by atoms with E-state index in [0.29, 0.717) is 12.1 Å². The zero-order valence-corrected chi connectivity index (χ0v) is 17.1. The molecule has 0 aliphatic carbocycles. The van der Waals surface area contributed by atoms with E-state index in [-0.39, 0.29) is 11.9 Å². The number of carbonyl (C=O) groups is 1. The smallest absolute Gasteiger partial charge is 0.255 e. The van der Waals surface area contributed by atoms with E-state index in [9.17, 15) is 4.79 Å². The van der Waals surface area contributed by atoms with E-state index in [2.05, 4.69) is 51.7 Å². The van der Waals surface area contributed by atoms with E-state index in [1.165, 1.54) is 11.1 Å². The number of carbonyl (C=O) groups excluding carboxylic acids is 1. The lowest BCUT2D eigenvalue weighted by Crippen LogP contribution is -2.37. The van der Waals surface area contributed by atoms with Gasteiger partial charge in [-0.1, -0.05) is 60.7 Å². The van der Waals surface area contributed by atoms with Crippen LogP contribution in [0.5, 0.6) is 0 Å².